The highest BCUT2D eigenvalue weighted by Crippen LogP contribution is 2.34. The van der Waals surface area contributed by atoms with Crippen LogP contribution in [0.4, 0.5) is 18.9 Å². The first-order chi connectivity index (χ1) is 7.91. The van der Waals surface area contributed by atoms with E-state index >= 15 is 0 Å². The maximum absolute atomic E-state index is 12.5. The van der Waals surface area contributed by atoms with Crippen LogP contribution in [0.3, 0.4) is 0 Å². The Bertz CT molecular complexity index is 427. The summed E-state index contributed by atoms with van der Waals surface area (Å²) in [6.07, 6.45) is -2.33. The van der Waals surface area contributed by atoms with Gasteiger partial charge in [-0.25, -0.2) is 4.79 Å². The van der Waals surface area contributed by atoms with Gasteiger partial charge in [0.25, 0.3) is 0 Å². The highest BCUT2D eigenvalue weighted by Gasteiger charge is 2.32. The van der Waals surface area contributed by atoms with Crippen molar-refractivity contribution < 1.29 is 23.1 Å². The molecule has 0 bridgehead atoms. The van der Waals surface area contributed by atoms with Gasteiger partial charge in [0.05, 0.1) is 5.56 Å². The van der Waals surface area contributed by atoms with Crippen molar-refractivity contribution in [1.82, 2.24) is 0 Å². The number of rotatable bonds is 4. The Labute approximate surface area is 95.6 Å². The second-order valence-electron chi connectivity index (χ2n) is 3.16. The van der Waals surface area contributed by atoms with Gasteiger partial charge in [0.15, 0.2) is 0 Å². The van der Waals surface area contributed by atoms with Crippen LogP contribution in [0.15, 0.2) is 36.4 Å². The molecule has 2 N–H and O–H groups in total. The summed E-state index contributed by atoms with van der Waals surface area (Å²) in [6.45, 7) is 0.0133. The summed E-state index contributed by atoms with van der Waals surface area (Å²) in [5.41, 5.74) is -0.848. The summed E-state index contributed by atoms with van der Waals surface area (Å²) in [5, 5.41) is 10.8. The third kappa shape index (κ3) is 4.18. The van der Waals surface area contributed by atoms with E-state index < -0.39 is 17.7 Å². The Balaban J connectivity index is 2.75. The Hall–Kier alpha value is -1.98. The van der Waals surface area contributed by atoms with E-state index in [1.165, 1.54) is 24.3 Å². The second-order valence-corrected chi connectivity index (χ2v) is 3.16. The first kappa shape index (κ1) is 13.1. The Morgan fingerprint density at radius 1 is 1.35 bits per heavy atom. The van der Waals surface area contributed by atoms with Gasteiger partial charge < -0.3 is 10.4 Å². The van der Waals surface area contributed by atoms with E-state index in [4.69, 9.17) is 5.11 Å². The topological polar surface area (TPSA) is 49.3 Å². The van der Waals surface area contributed by atoms with Crippen molar-refractivity contribution in [1.29, 1.82) is 0 Å². The number of alkyl halides is 3. The van der Waals surface area contributed by atoms with Gasteiger partial charge in [0, 0.05) is 18.3 Å². The lowest BCUT2D eigenvalue weighted by Gasteiger charge is -2.12. The van der Waals surface area contributed by atoms with Gasteiger partial charge in [0.2, 0.25) is 0 Å². The number of carboxylic acids is 1. The quantitative estimate of drug-likeness (QED) is 0.802. The van der Waals surface area contributed by atoms with Crippen LogP contribution in [0.5, 0.6) is 0 Å². The van der Waals surface area contributed by atoms with Crippen LogP contribution < -0.4 is 5.32 Å². The summed E-state index contributed by atoms with van der Waals surface area (Å²) in [5.74, 6) is -1.14. The van der Waals surface area contributed by atoms with Crippen LogP contribution in [0, 0.1) is 0 Å². The van der Waals surface area contributed by atoms with E-state index in [9.17, 15) is 18.0 Å². The number of carboxylic acid groups (broad SMARTS) is 1. The fourth-order valence-electron chi connectivity index (χ4n) is 1.21. The molecule has 0 heterocycles. The molecule has 0 aliphatic heterocycles. The number of carbonyl (C=O) groups is 1. The highest BCUT2D eigenvalue weighted by molar-refractivity contribution is 5.79. The minimum atomic E-state index is -4.43. The lowest BCUT2D eigenvalue weighted by Crippen LogP contribution is -2.10. The molecule has 0 saturated carbocycles. The van der Waals surface area contributed by atoms with Crippen molar-refractivity contribution >= 4 is 11.7 Å². The van der Waals surface area contributed by atoms with E-state index in [2.05, 4.69) is 5.32 Å². The second kappa shape index (κ2) is 5.38. The SMILES string of the molecule is O=C(O)/C=C/CNc1ccccc1C(F)(F)F. The number of hydrogen-bond donors (Lipinski definition) is 2. The molecule has 0 aliphatic rings. The molecule has 0 aliphatic carbocycles. The number of aliphatic carboxylic acids is 1. The molecule has 0 radical (unpaired) electrons. The van der Waals surface area contributed by atoms with E-state index in [0.29, 0.717) is 0 Å². The zero-order valence-corrected chi connectivity index (χ0v) is 8.66. The van der Waals surface area contributed by atoms with Crippen LogP contribution >= 0.6 is 0 Å². The van der Waals surface area contributed by atoms with Gasteiger partial charge in [0.1, 0.15) is 0 Å². The summed E-state index contributed by atoms with van der Waals surface area (Å²) in [7, 11) is 0. The molecule has 0 amide bonds. The Morgan fingerprint density at radius 2 is 2.00 bits per heavy atom. The maximum Gasteiger partial charge on any atom is 0.418 e. The van der Waals surface area contributed by atoms with Crippen LogP contribution in [0.1, 0.15) is 5.56 Å². The summed E-state index contributed by atoms with van der Waals surface area (Å²) in [4.78, 5) is 10.1. The Kier molecular flexibility index (Phi) is 4.14. The van der Waals surface area contributed by atoms with Crippen molar-refractivity contribution in [2.24, 2.45) is 0 Å². The van der Waals surface area contributed by atoms with Crippen molar-refractivity contribution in [2.45, 2.75) is 6.18 Å². The van der Waals surface area contributed by atoms with Crippen molar-refractivity contribution in [3.63, 3.8) is 0 Å². The van der Waals surface area contributed by atoms with Gasteiger partial charge in [-0.3, -0.25) is 0 Å². The van der Waals surface area contributed by atoms with Gasteiger partial charge in [-0.2, -0.15) is 13.2 Å². The maximum atomic E-state index is 12.5. The number of nitrogens with one attached hydrogen (secondary N) is 1. The van der Waals surface area contributed by atoms with Gasteiger partial charge in [-0.1, -0.05) is 18.2 Å². The van der Waals surface area contributed by atoms with E-state index in [1.807, 2.05) is 0 Å². The normalized spacial score (nSPS) is 11.7. The molecule has 92 valence electrons. The largest absolute Gasteiger partial charge is 0.478 e. The molecule has 1 aromatic carbocycles. The summed E-state index contributed by atoms with van der Waals surface area (Å²) >= 11 is 0. The first-order valence-electron chi connectivity index (χ1n) is 4.71. The zero-order valence-electron chi connectivity index (χ0n) is 8.66. The highest BCUT2D eigenvalue weighted by atomic mass is 19.4. The molecule has 3 nitrogen and oxygen atoms in total. The first-order valence-corrected chi connectivity index (χ1v) is 4.71. The molecule has 0 spiro atoms. The molecule has 0 saturated heterocycles. The van der Waals surface area contributed by atoms with Crippen LogP contribution in [-0.4, -0.2) is 17.6 Å². The van der Waals surface area contributed by atoms with Crippen molar-refractivity contribution in [2.75, 3.05) is 11.9 Å². The average molecular weight is 245 g/mol. The number of benzene rings is 1. The third-order valence-electron chi connectivity index (χ3n) is 1.90. The number of anilines is 1. The zero-order chi connectivity index (χ0) is 12.9. The molecule has 0 atom stereocenters. The van der Waals surface area contributed by atoms with Gasteiger partial charge in [-0.15, -0.1) is 0 Å². The Morgan fingerprint density at radius 3 is 2.59 bits per heavy atom. The van der Waals surface area contributed by atoms with Gasteiger partial charge in [-0.05, 0) is 12.1 Å². The molecule has 1 rings (SSSR count). The van der Waals surface area contributed by atoms with Crippen molar-refractivity contribution in [3.8, 4) is 0 Å². The smallest absolute Gasteiger partial charge is 0.418 e. The van der Waals surface area contributed by atoms with E-state index in [0.717, 1.165) is 12.1 Å². The van der Waals surface area contributed by atoms with Gasteiger partial charge >= 0.3 is 12.1 Å². The third-order valence-corrected chi connectivity index (χ3v) is 1.90. The molecular formula is C11H10F3NO2. The standard InChI is InChI=1S/C11H10F3NO2/c12-11(13,14)8-4-1-2-5-9(8)15-7-3-6-10(16)17/h1-6,15H,7H2,(H,16,17)/b6-3+. The van der Waals surface area contributed by atoms with Crippen LogP contribution in [0.25, 0.3) is 0 Å². The predicted molar refractivity (Wildman–Crippen MR) is 56.7 cm³/mol. The lowest BCUT2D eigenvalue weighted by atomic mass is 10.1. The monoisotopic (exact) mass is 245 g/mol. The number of halogens is 3. The minimum absolute atomic E-state index is 0.0133. The van der Waals surface area contributed by atoms with E-state index in [-0.39, 0.29) is 12.2 Å². The molecular weight excluding hydrogens is 235 g/mol. The van der Waals surface area contributed by atoms with Crippen LogP contribution in [-0.2, 0) is 11.0 Å². The molecule has 0 fully saturated rings. The number of hydrogen-bond acceptors (Lipinski definition) is 2. The molecule has 1 aromatic rings. The minimum Gasteiger partial charge on any atom is -0.478 e. The summed E-state index contributed by atoms with van der Waals surface area (Å²) < 4.78 is 37.6. The lowest BCUT2D eigenvalue weighted by molar-refractivity contribution is -0.137. The van der Waals surface area contributed by atoms with Crippen LogP contribution in [0.2, 0.25) is 0 Å². The predicted octanol–water partition coefficient (Wildman–Crippen LogP) is 2.76. The fraction of sp³-hybridized carbons (Fsp3) is 0.182. The average Bonchev–Trinajstić information content (AvgIpc) is 2.23. The number of para-hydroxylation sites is 1. The fourth-order valence-corrected chi connectivity index (χ4v) is 1.21. The van der Waals surface area contributed by atoms with Crippen molar-refractivity contribution in [3.05, 3.63) is 42.0 Å². The molecule has 6 heteroatoms. The summed E-state index contributed by atoms with van der Waals surface area (Å²) in [6, 6.07) is 5.01. The van der Waals surface area contributed by atoms with E-state index in [1.54, 1.807) is 0 Å². The molecule has 17 heavy (non-hydrogen) atoms. The molecule has 0 aromatic heterocycles. The molecule has 0 unspecified atom stereocenters.